The van der Waals surface area contributed by atoms with Crippen LogP contribution in [0.3, 0.4) is 0 Å². The van der Waals surface area contributed by atoms with Gasteiger partial charge in [0.25, 0.3) is 0 Å². The van der Waals surface area contributed by atoms with Crippen LogP contribution in [0.2, 0.25) is 0 Å². The third-order valence-electron chi connectivity index (χ3n) is 4.15. The van der Waals surface area contributed by atoms with Gasteiger partial charge in [-0.2, -0.15) is 4.31 Å². The van der Waals surface area contributed by atoms with Crippen LogP contribution in [0.25, 0.3) is 0 Å². The zero-order chi connectivity index (χ0) is 18.0. The summed E-state index contributed by atoms with van der Waals surface area (Å²) in [5, 5.41) is 0. The molecule has 136 valence electrons. The van der Waals surface area contributed by atoms with Crippen molar-refractivity contribution in [2.45, 2.75) is 24.3 Å². The zero-order valence-corrected chi connectivity index (χ0v) is 14.6. The summed E-state index contributed by atoms with van der Waals surface area (Å²) in [5.41, 5.74) is 0.612. The zero-order valence-electron chi connectivity index (χ0n) is 13.8. The van der Waals surface area contributed by atoms with E-state index in [-0.39, 0.29) is 30.2 Å². The number of esters is 2. The fourth-order valence-electron chi connectivity index (χ4n) is 2.71. The maximum atomic E-state index is 12.8. The van der Waals surface area contributed by atoms with Crippen molar-refractivity contribution in [3.05, 3.63) is 29.3 Å². The Labute approximate surface area is 145 Å². The summed E-state index contributed by atoms with van der Waals surface area (Å²) in [7, 11) is -3.73. The SMILES string of the molecule is Cc1ccc(C(=O)O[C@H]2CCOC2=O)cc1S(=O)(=O)N1CCOCC1. The van der Waals surface area contributed by atoms with Crippen LogP contribution in [-0.4, -0.2) is 63.7 Å². The number of ether oxygens (including phenoxy) is 3. The first kappa shape index (κ1) is 17.8. The number of hydrogen-bond acceptors (Lipinski definition) is 7. The molecule has 0 saturated carbocycles. The second-order valence-electron chi connectivity index (χ2n) is 5.85. The van der Waals surface area contributed by atoms with Crippen molar-refractivity contribution >= 4 is 22.0 Å². The summed E-state index contributed by atoms with van der Waals surface area (Å²) in [5.74, 6) is -1.33. The van der Waals surface area contributed by atoms with Gasteiger partial charge in [-0.15, -0.1) is 0 Å². The van der Waals surface area contributed by atoms with Crippen molar-refractivity contribution in [1.82, 2.24) is 4.31 Å². The van der Waals surface area contributed by atoms with Gasteiger partial charge in [-0.05, 0) is 24.6 Å². The molecule has 1 aromatic carbocycles. The van der Waals surface area contributed by atoms with Crippen molar-refractivity contribution in [2.24, 2.45) is 0 Å². The first-order valence-electron chi connectivity index (χ1n) is 7.96. The lowest BCUT2D eigenvalue weighted by Crippen LogP contribution is -2.40. The smallest absolute Gasteiger partial charge is 0.347 e. The second kappa shape index (κ2) is 7.11. The molecule has 25 heavy (non-hydrogen) atoms. The number of morpholine rings is 1. The highest BCUT2D eigenvalue weighted by Gasteiger charge is 2.32. The molecular formula is C16H19NO7S. The summed E-state index contributed by atoms with van der Waals surface area (Å²) in [6.45, 7) is 3.08. The number of sulfonamides is 1. The molecule has 3 rings (SSSR count). The Morgan fingerprint density at radius 3 is 2.60 bits per heavy atom. The lowest BCUT2D eigenvalue weighted by molar-refractivity contribution is -0.145. The van der Waals surface area contributed by atoms with E-state index in [4.69, 9.17) is 14.2 Å². The first-order chi connectivity index (χ1) is 11.9. The highest BCUT2D eigenvalue weighted by molar-refractivity contribution is 7.89. The van der Waals surface area contributed by atoms with Crippen LogP contribution in [0.1, 0.15) is 22.3 Å². The molecular weight excluding hydrogens is 350 g/mol. The van der Waals surface area contributed by atoms with E-state index in [1.54, 1.807) is 13.0 Å². The third-order valence-corrected chi connectivity index (χ3v) is 6.19. The van der Waals surface area contributed by atoms with Gasteiger partial charge in [-0.1, -0.05) is 6.07 Å². The van der Waals surface area contributed by atoms with Crippen LogP contribution in [0, 0.1) is 6.92 Å². The quantitative estimate of drug-likeness (QED) is 0.712. The summed E-state index contributed by atoms with van der Waals surface area (Å²) >= 11 is 0. The first-order valence-corrected chi connectivity index (χ1v) is 9.40. The third kappa shape index (κ3) is 3.68. The van der Waals surface area contributed by atoms with E-state index in [0.717, 1.165) is 0 Å². The number of nitrogens with zero attached hydrogens (tertiary/aromatic N) is 1. The number of rotatable bonds is 4. The predicted molar refractivity (Wildman–Crippen MR) is 85.5 cm³/mol. The maximum absolute atomic E-state index is 12.8. The molecule has 2 fully saturated rings. The molecule has 9 heteroatoms. The van der Waals surface area contributed by atoms with E-state index in [0.29, 0.717) is 25.2 Å². The van der Waals surface area contributed by atoms with Gasteiger partial charge in [0, 0.05) is 19.5 Å². The second-order valence-corrected chi connectivity index (χ2v) is 7.75. The molecule has 0 radical (unpaired) electrons. The normalized spacial score (nSPS) is 21.8. The Morgan fingerprint density at radius 2 is 1.96 bits per heavy atom. The molecule has 0 spiro atoms. The Balaban J connectivity index is 1.84. The van der Waals surface area contributed by atoms with Crippen molar-refractivity contribution in [3.63, 3.8) is 0 Å². The monoisotopic (exact) mass is 369 g/mol. The molecule has 0 aliphatic carbocycles. The van der Waals surface area contributed by atoms with Crippen molar-refractivity contribution in [2.75, 3.05) is 32.9 Å². The highest BCUT2D eigenvalue weighted by atomic mass is 32.2. The minimum absolute atomic E-state index is 0.0536. The van der Waals surface area contributed by atoms with Crippen LogP contribution in [0.4, 0.5) is 0 Å². The van der Waals surface area contributed by atoms with Crippen LogP contribution in [-0.2, 0) is 29.0 Å². The van der Waals surface area contributed by atoms with Gasteiger partial charge in [0.2, 0.25) is 16.1 Å². The minimum atomic E-state index is -3.73. The van der Waals surface area contributed by atoms with Crippen LogP contribution in [0.15, 0.2) is 23.1 Å². The lowest BCUT2D eigenvalue weighted by atomic mass is 10.1. The lowest BCUT2D eigenvalue weighted by Gasteiger charge is -2.26. The summed E-state index contributed by atoms with van der Waals surface area (Å²) in [6, 6.07) is 4.33. The molecule has 0 bridgehead atoms. The van der Waals surface area contributed by atoms with Crippen LogP contribution < -0.4 is 0 Å². The largest absolute Gasteiger partial charge is 0.463 e. The number of aryl methyl sites for hydroxylation is 1. The fraction of sp³-hybridized carbons (Fsp3) is 0.500. The summed E-state index contributed by atoms with van der Waals surface area (Å²) < 4.78 is 42.0. The van der Waals surface area contributed by atoms with Gasteiger partial charge in [-0.25, -0.2) is 18.0 Å². The predicted octanol–water partition coefficient (Wildman–Crippen LogP) is 0.488. The van der Waals surface area contributed by atoms with Gasteiger partial charge in [0.1, 0.15) is 0 Å². The number of hydrogen-bond donors (Lipinski definition) is 0. The van der Waals surface area contributed by atoms with Crippen LogP contribution >= 0.6 is 0 Å². The molecule has 2 aliphatic heterocycles. The summed E-state index contributed by atoms with van der Waals surface area (Å²) in [6.07, 6.45) is -0.636. The molecule has 1 atom stereocenters. The molecule has 2 heterocycles. The number of benzene rings is 1. The van der Waals surface area contributed by atoms with Crippen molar-refractivity contribution in [1.29, 1.82) is 0 Å². The minimum Gasteiger partial charge on any atom is -0.463 e. The van der Waals surface area contributed by atoms with Gasteiger partial charge < -0.3 is 14.2 Å². The fourth-order valence-corrected chi connectivity index (χ4v) is 4.37. The average Bonchev–Trinajstić information content (AvgIpc) is 3.00. The molecule has 8 nitrogen and oxygen atoms in total. The Morgan fingerprint density at radius 1 is 1.24 bits per heavy atom. The summed E-state index contributed by atoms with van der Waals surface area (Å²) in [4.78, 5) is 23.7. The van der Waals surface area contributed by atoms with Gasteiger partial charge >= 0.3 is 11.9 Å². The van der Waals surface area contributed by atoms with E-state index in [9.17, 15) is 18.0 Å². The van der Waals surface area contributed by atoms with E-state index >= 15 is 0 Å². The topological polar surface area (TPSA) is 99.2 Å². The molecule has 2 aliphatic rings. The molecule has 0 N–H and O–H groups in total. The Bertz CT molecular complexity index is 784. The number of cyclic esters (lactones) is 1. The van der Waals surface area contributed by atoms with Crippen LogP contribution in [0.5, 0.6) is 0 Å². The number of carbonyl (C=O) groups excluding carboxylic acids is 2. The van der Waals surface area contributed by atoms with E-state index in [2.05, 4.69) is 0 Å². The van der Waals surface area contributed by atoms with Crippen molar-refractivity contribution in [3.8, 4) is 0 Å². The standard InChI is InChI=1S/C16H19NO7S/c1-11-2-3-12(15(18)24-13-4-7-23-16(13)19)10-14(11)25(20,21)17-5-8-22-9-6-17/h2-3,10,13H,4-9H2,1H3/t13-/m0/s1. The average molecular weight is 369 g/mol. The Hall–Kier alpha value is -1.97. The van der Waals surface area contributed by atoms with E-state index in [1.165, 1.54) is 16.4 Å². The Kier molecular flexibility index (Phi) is 5.07. The van der Waals surface area contributed by atoms with E-state index in [1.807, 2.05) is 0 Å². The molecule has 1 aromatic rings. The van der Waals surface area contributed by atoms with Gasteiger partial charge in [0.05, 0.1) is 30.3 Å². The van der Waals surface area contributed by atoms with E-state index < -0.39 is 28.1 Å². The molecule has 2 saturated heterocycles. The van der Waals surface area contributed by atoms with Gasteiger partial charge in [-0.3, -0.25) is 0 Å². The maximum Gasteiger partial charge on any atom is 0.347 e. The van der Waals surface area contributed by atoms with Gasteiger partial charge in [0.15, 0.2) is 0 Å². The number of carbonyl (C=O) groups is 2. The highest BCUT2D eigenvalue weighted by Crippen LogP contribution is 2.23. The van der Waals surface area contributed by atoms with Crippen molar-refractivity contribution < 1.29 is 32.2 Å². The molecule has 0 amide bonds. The molecule has 0 unspecified atom stereocenters. The molecule has 0 aromatic heterocycles.